The van der Waals surface area contributed by atoms with Gasteiger partial charge in [0.1, 0.15) is 11.2 Å². The number of para-hydroxylation sites is 1. The van der Waals surface area contributed by atoms with Gasteiger partial charge in [0.25, 0.3) is 10.9 Å². The number of thioether (sulfide) groups is 1. The molecule has 1 amide bonds. The lowest BCUT2D eigenvalue weighted by molar-refractivity contribution is -0.671. The average molecular weight is 668 g/mol. The summed E-state index contributed by atoms with van der Waals surface area (Å²) in [7, 11) is -3.66. The number of nitrogens with zero attached hydrogens (tertiary/aromatic N) is 3. The van der Waals surface area contributed by atoms with Crippen molar-refractivity contribution in [1.82, 2.24) is 9.29 Å². The number of nitrogens with one attached hydrogen (secondary N) is 1. The van der Waals surface area contributed by atoms with Crippen molar-refractivity contribution in [3.63, 3.8) is 0 Å². The molecular weight excluding hydrogens is 633 g/mol. The van der Waals surface area contributed by atoms with Crippen LogP contribution in [0.5, 0.6) is 0 Å². The van der Waals surface area contributed by atoms with Crippen LogP contribution in [0.2, 0.25) is 0 Å². The molecule has 1 N–H and O–H groups in total. The molecule has 1 unspecified atom stereocenters. The van der Waals surface area contributed by atoms with E-state index >= 15 is 0 Å². The minimum absolute atomic E-state index is 0.0869. The van der Waals surface area contributed by atoms with E-state index < -0.39 is 15.9 Å². The van der Waals surface area contributed by atoms with Gasteiger partial charge in [-0.15, -0.1) is 0 Å². The number of benzene rings is 2. The molecule has 0 saturated carbocycles. The highest BCUT2D eigenvalue weighted by molar-refractivity contribution is 8.03. The number of aryl methyl sites for hydroxylation is 2. The van der Waals surface area contributed by atoms with Crippen molar-refractivity contribution in [2.75, 3.05) is 17.7 Å². The topological polar surface area (TPSA) is 75.3 Å². The van der Waals surface area contributed by atoms with Crippen LogP contribution in [0, 0.1) is 5.92 Å². The highest BCUT2D eigenvalue weighted by Gasteiger charge is 2.31. The molecule has 0 fully saturated rings. The molecule has 2 aromatic carbocycles. The molecule has 8 rings (SSSR count). The van der Waals surface area contributed by atoms with Crippen molar-refractivity contribution in [2.24, 2.45) is 5.92 Å². The zero-order valence-corrected chi connectivity index (χ0v) is 28.1. The van der Waals surface area contributed by atoms with E-state index in [1.807, 2.05) is 45.3 Å². The van der Waals surface area contributed by atoms with Gasteiger partial charge in [-0.05, 0) is 97.2 Å². The van der Waals surface area contributed by atoms with Gasteiger partial charge in [-0.1, -0.05) is 47.4 Å². The molecule has 2 aliphatic heterocycles. The average Bonchev–Trinajstić information content (AvgIpc) is 3.76. The number of hydrogen-bond donors (Lipinski definition) is 1. The van der Waals surface area contributed by atoms with Crippen molar-refractivity contribution in [3.8, 4) is 5.69 Å². The molecule has 4 aromatic rings. The van der Waals surface area contributed by atoms with Crippen LogP contribution in [-0.4, -0.2) is 31.7 Å². The van der Waals surface area contributed by atoms with Gasteiger partial charge in [-0.3, -0.25) is 9.52 Å². The number of sulfonamides is 1. The Balaban J connectivity index is 1.12. The molecule has 2 aliphatic carbocycles. The standard InChI is InChI=1S/C36H34N4O3S3/c1-46(42,43)37-33(41)23-40-30-22-29(38-15-2-3-16-38)13-14-31(30)44-35(40)21-25-10-12-26-11-9-24(18-28(26)19-25)20-34-39-17-5-7-27-6-4-8-32(45-34)36(27)39/h2-4,6,8,13-16,18-22,26H,5,7,9-12,17,23H2,1H3/p+1. The lowest BCUT2D eigenvalue weighted by Gasteiger charge is -2.28. The molecule has 7 nitrogen and oxygen atoms in total. The Labute approximate surface area is 277 Å². The Morgan fingerprint density at radius 3 is 2.74 bits per heavy atom. The van der Waals surface area contributed by atoms with E-state index in [2.05, 4.69) is 70.0 Å². The number of carbonyl (C=O) groups excluding carboxylic acids is 1. The van der Waals surface area contributed by atoms with E-state index in [1.54, 1.807) is 11.8 Å². The first kappa shape index (κ1) is 29.5. The maximum atomic E-state index is 12.9. The normalized spacial score (nSPS) is 20.9. The molecule has 2 aromatic heterocycles. The van der Waals surface area contributed by atoms with Crippen LogP contribution in [-0.2, 0) is 27.8 Å². The fourth-order valence-corrected chi connectivity index (χ4v) is 9.97. The number of rotatable bonds is 6. The van der Waals surface area contributed by atoms with E-state index in [9.17, 15) is 13.2 Å². The zero-order chi connectivity index (χ0) is 31.4. The Hall–Kier alpha value is -3.86. The van der Waals surface area contributed by atoms with Gasteiger partial charge >= 0.3 is 0 Å². The second-order valence-electron chi connectivity index (χ2n) is 12.5. The van der Waals surface area contributed by atoms with E-state index in [0.29, 0.717) is 5.92 Å². The lowest BCUT2D eigenvalue weighted by Crippen LogP contribution is -2.38. The second kappa shape index (κ2) is 11.7. The summed E-state index contributed by atoms with van der Waals surface area (Å²) < 4.78 is 31.8. The Morgan fingerprint density at radius 2 is 1.89 bits per heavy atom. The van der Waals surface area contributed by atoms with Crippen molar-refractivity contribution in [3.05, 3.63) is 111 Å². The number of hydrogen-bond acceptors (Lipinski definition) is 6. The van der Waals surface area contributed by atoms with Crippen LogP contribution >= 0.6 is 23.1 Å². The molecule has 0 radical (unpaired) electrons. The summed E-state index contributed by atoms with van der Waals surface area (Å²) in [4.78, 5) is 15.9. The largest absolute Gasteiger partial charge is 0.325 e. The third-order valence-corrected chi connectivity index (χ3v) is 12.0. The number of amides is 1. The predicted octanol–water partition coefficient (Wildman–Crippen LogP) is 6.90. The summed E-state index contributed by atoms with van der Waals surface area (Å²) >= 11 is 3.53. The highest BCUT2D eigenvalue weighted by Crippen LogP contribution is 2.48. The molecule has 1 atom stereocenters. The Kier molecular flexibility index (Phi) is 7.54. The SMILES string of the molecule is CS(=O)(=O)NC(=O)CN1C(=CC2=CC3=CC(=Cc4sc5cccc6c5[n+]4CCC6)CCC3CC2)Sc2ccc(-n3cccc3)cc21. The van der Waals surface area contributed by atoms with Crippen LogP contribution in [0.4, 0.5) is 5.69 Å². The zero-order valence-electron chi connectivity index (χ0n) is 25.6. The molecule has 4 heterocycles. The molecule has 0 saturated heterocycles. The third-order valence-electron chi connectivity index (χ3n) is 9.23. The molecule has 0 spiro atoms. The smallest absolute Gasteiger partial charge is 0.263 e. The number of allylic oxidation sites excluding steroid dienone is 6. The van der Waals surface area contributed by atoms with Crippen molar-refractivity contribution < 1.29 is 17.8 Å². The van der Waals surface area contributed by atoms with Gasteiger partial charge < -0.3 is 9.47 Å². The summed E-state index contributed by atoms with van der Waals surface area (Å²) in [5.74, 6) is 0.00875. The minimum Gasteiger partial charge on any atom is -0.325 e. The summed E-state index contributed by atoms with van der Waals surface area (Å²) in [6, 6.07) is 16.9. The summed E-state index contributed by atoms with van der Waals surface area (Å²) in [6.45, 7) is 0.995. The summed E-state index contributed by atoms with van der Waals surface area (Å²) in [6.07, 6.45) is 21.0. The predicted molar refractivity (Wildman–Crippen MR) is 186 cm³/mol. The molecule has 0 bridgehead atoms. The van der Waals surface area contributed by atoms with Crippen LogP contribution in [0.1, 0.15) is 42.7 Å². The van der Waals surface area contributed by atoms with Crippen molar-refractivity contribution in [1.29, 1.82) is 0 Å². The van der Waals surface area contributed by atoms with Gasteiger partial charge in [-0.25, -0.2) is 8.42 Å². The van der Waals surface area contributed by atoms with E-state index in [1.165, 1.54) is 43.9 Å². The Morgan fingerprint density at radius 1 is 1.04 bits per heavy atom. The quantitative estimate of drug-likeness (QED) is 0.227. The van der Waals surface area contributed by atoms with Crippen LogP contribution in [0.15, 0.2) is 106 Å². The summed E-state index contributed by atoms with van der Waals surface area (Å²) in [5.41, 5.74) is 8.77. The number of carbonyl (C=O) groups is 1. The van der Waals surface area contributed by atoms with E-state index in [0.717, 1.165) is 66.2 Å². The second-order valence-corrected chi connectivity index (χ2v) is 16.4. The number of anilines is 1. The van der Waals surface area contributed by atoms with E-state index in [4.69, 9.17) is 0 Å². The van der Waals surface area contributed by atoms with Gasteiger partial charge in [0.15, 0.2) is 6.54 Å². The lowest BCUT2D eigenvalue weighted by atomic mass is 9.77. The first-order valence-electron chi connectivity index (χ1n) is 15.8. The van der Waals surface area contributed by atoms with Crippen LogP contribution in [0.25, 0.3) is 22.0 Å². The van der Waals surface area contributed by atoms with Gasteiger partial charge in [-0.2, -0.15) is 4.57 Å². The number of thiazole rings is 1. The third kappa shape index (κ3) is 5.78. The minimum atomic E-state index is -3.66. The summed E-state index contributed by atoms with van der Waals surface area (Å²) in [5, 5.41) is 2.27. The fourth-order valence-electron chi connectivity index (χ4n) is 7.16. The fraction of sp³-hybridized carbons (Fsp3) is 0.278. The van der Waals surface area contributed by atoms with Crippen LogP contribution < -0.4 is 14.2 Å². The maximum absolute atomic E-state index is 12.9. The van der Waals surface area contributed by atoms with Crippen molar-refractivity contribution in [2.45, 2.75) is 50.0 Å². The number of aromatic nitrogens is 2. The highest BCUT2D eigenvalue weighted by atomic mass is 32.2. The Bertz CT molecular complexity index is 2120. The number of fused-ring (bicyclic) bond motifs is 2. The molecule has 4 aliphatic rings. The maximum Gasteiger partial charge on any atom is 0.263 e. The first-order valence-corrected chi connectivity index (χ1v) is 19.3. The molecule has 10 heteroatoms. The van der Waals surface area contributed by atoms with Crippen LogP contribution in [0.3, 0.4) is 0 Å². The van der Waals surface area contributed by atoms with Crippen molar-refractivity contribution >= 4 is 61.0 Å². The molecule has 46 heavy (non-hydrogen) atoms. The van der Waals surface area contributed by atoms with Gasteiger partial charge in [0, 0.05) is 41.0 Å². The van der Waals surface area contributed by atoms with Gasteiger partial charge in [0.2, 0.25) is 15.5 Å². The molecule has 234 valence electrons. The van der Waals surface area contributed by atoms with Gasteiger partial charge in [0.05, 0.1) is 17.0 Å². The monoisotopic (exact) mass is 667 g/mol. The molecular formula is C36H35N4O3S3+. The first-order chi connectivity index (χ1) is 22.3. The van der Waals surface area contributed by atoms with E-state index in [-0.39, 0.29) is 6.54 Å².